The summed E-state index contributed by atoms with van der Waals surface area (Å²) in [5.74, 6) is 3.03. The van der Waals surface area contributed by atoms with Gasteiger partial charge in [-0.05, 0) is 13.0 Å². The number of hydrazine groups is 1. The van der Waals surface area contributed by atoms with Crippen LogP contribution < -0.4 is 11.3 Å². The fraction of sp³-hybridized carbons (Fsp3) is 0.182. The van der Waals surface area contributed by atoms with Gasteiger partial charge in [-0.3, -0.25) is 5.84 Å². The SMILES string of the molecule is Cc1c(C(F)(F)F)nc2c(F)cc(F)cc2c1NN. The van der Waals surface area contributed by atoms with Gasteiger partial charge in [0, 0.05) is 17.0 Å². The molecule has 0 radical (unpaired) electrons. The minimum atomic E-state index is -4.76. The molecule has 3 N–H and O–H groups in total. The van der Waals surface area contributed by atoms with Gasteiger partial charge >= 0.3 is 6.18 Å². The first-order valence-electron chi connectivity index (χ1n) is 5.09. The third-order valence-electron chi connectivity index (χ3n) is 2.66. The molecule has 1 heterocycles. The number of halogens is 5. The first-order chi connectivity index (χ1) is 8.75. The summed E-state index contributed by atoms with van der Waals surface area (Å²) in [7, 11) is 0. The van der Waals surface area contributed by atoms with Crippen molar-refractivity contribution in [3.05, 3.63) is 35.0 Å². The number of nitrogens with one attached hydrogen (secondary N) is 1. The molecule has 8 heteroatoms. The van der Waals surface area contributed by atoms with E-state index in [2.05, 4.69) is 4.98 Å². The Hall–Kier alpha value is -1.96. The smallest absolute Gasteiger partial charge is 0.323 e. The maximum Gasteiger partial charge on any atom is 0.433 e. The number of nitrogen functional groups attached to an aromatic ring is 1. The van der Waals surface area contributed by atoms with Gasteiger partial charge in [0.25, 0.3) is 0 Å². The highest BCUT2D eigenvalue weighted by Crippen LogP contribution is 2.37. The molecule has 2 rings (SSSR count). The Balaban J connectivity index is 2.95. The fourth-order valence-electron chi connectivity index (χ4n) is 1.85. The minimum absolute atomic E-state index is 0.148. The first kappa shape index (κ1) is 13.5. The van der Waals surface area contributed by atoms with Crippen LogP contribution in [0.1, 0.15) is 11.3 Å². The van der Waals surface area contributed by atoms with Crippen LogP contribution in [-0.4, -0.2) is 4.98 Å². The molecular weight excluding hydrogens is 269 g/mol. The van der Waals surface area contributed by atoms with E-state index < -0.39 is 29.0 Å². The molecule has 1 aromatic carbocycles. The molecule has 19 heavy (non-hydrogen) atoms. The van der Waals surface area contributed by atoms with Gasteiger partial charge in [-0.2, -0.15) is 13.2 Å². The molecule has 3 nitrogen and oxygen atoms in total. The summed E-state index contributed by atoms with van der Waals surface area (Å²) >= 11 is 0. The normalized spacial score (nSPS) is 11.9. The van der Waals surface area contributed by atoms with Gasteiger partial charge in [-0.15, -0.1) is 0 Å². The van der Waals surface area contributed by atoms with E-state index in [1.807, 2.05) is 5.43 Å². The van der Waals surface area contributed by atoms with Crippen LogP contribution in [0.25, 0.3) is 10.9 Å². The molecule has 0 bridgehead atoms. The Bertz CT molecular complexity index is 651. The Kier molecular flexibility index (Phi) is 3.05. The van der Waals surface area contributed by atoms with Crippen molar-refractivity contribution in [2.75, 3.05) is 5.43 Å². The molecule has 2 aromatic rings. The van der Waals surface area contributed by atoms with Crippen molar-refractivity contribution >= 4 is 16.6 Å². The lowest BCUT2D eigenvalue weighted by Gasteiger charge is -2.15. The van der Waals surface area contributed by atoms with E-state index in [4.69, 9.17) is 5.84 Å². The van der Waals surface area contributed by atoms with E-state index in [0.717, 1.165) is 13.0 Å². The van der Waals surface area contributed by atoms with E-state index in [-0.39, 0.29) is 16.6 Å². The van der Waals surface area contributed by atoms with Crippen LogP contribution in [0, 0.1) is 18.6 Å². The number of fused-ring (bicyclic) bond motifs is 1. The second-order valence-electron chi connectivity index (χ2n) is 3.89. The van der Waals surface area contributed by atoms with Crippen molar-refractivity contribution < 1.29 is 22.0 Å². The van der Waals surface area contributed by atoms with Crippen LogP contribution in [0.2, 0.25) is 0 Å². The van der Waals surface area contributed by atoms with Crippen LogP contribution in [0.3, 0.4) is 0 Å². The van der Waals surface area contributed by atoms with E-state index in [0.29, 0.717) is 6.07 Å². The lowest BCUT2D eigenvalue weighted by atomic mass is 10.1. The summed E-state index contributed by atoms with van der Waals surface area (Å²) in [5.41, 5.74) is -0.363. The predicted molar refractivity (Wildman–Crippen MR) is 59.2 cm³/mol. The Morgan fingerprint density at radius 2 is 1.84 bits per heavy atom. The average molecular weight is 277 g/mol. The Morgan fingerprint density at radius 3 is 2.37 bits per heavy atom. The minimum Gasteiger partial charge on any atom is -0.323 e. The molecule has 102 valence electrons. The van der Waals surface area contributed by atoms with Gasteiger partial charge < -0.3 is 5.43 Å². The molecule has 0 aliphatic heterocycles. The van der Waals surface area contributed by atoms with Gasteiger partial charge in [-0.1, -0.05) is 0 Å². The van der Waals surface area contributed by atoms with Gasteiger partial charge in [-0.25, -0.2) is 13.8 Å². The van der Waals surface area contributed by atoms with E-state index in [1.165, 1.54) is 0 Å². The lowest BCUT2D eigenvalue weighted by molar-refractivity contribution is -0.141. The zero-order chi connectivity index (χ0) is 14.4. The van der Waals surface area contributed by atoms with Crippen LogP contribution in [-0.2, 0) is 6.18 Å². The molecule has 0 saturated carbocycles. The standard InChI is InChI=1S/C11H8F5N3/c1-4-8(19-17)6-2-5(12)3-7(13)9(6)18-10(4)11(14,15)16/h2-3H,17H2,1H3,(H,18,19). The maximum atomic E-state index is 13.5. The summed E-state index contributed by atoms with van der Waals surface area (Å²) < 4.78 is 65.0. The average Bonchev–Trinajstić information content (AvgIpc) is 2.26. The van der Waals surface area contributed by atoms with Gasteiger partial charge in [0.1, 0.15) is 17.0 Å². The quantitative estimate of drug-likeness (QED) is 0.478. The number of pyridine rings is 1. The van der Waals surface area contributed by atoms with E-state index >= 15 is 0 Å². The highest BCUT2D eigenvalue weighted by atomic mass is 19.4. The predicted octanol–water partition coefficient (Wildman–Crippen LogP) is 3.13. The second-order valence-corrected chi connectivity index (χ2v) is 3.89. The van der Waals surface area contributed by atoms with Crippen molar-refractivity contribution in [3.63, 3.8) is 0 Å². The molecule has 0 spiro atoms. The molecule has 0 fully saturated rings. The summed E-state index contributed by atoms with van der Waals surface area (Å²) in [6, 6.07) is 1.33. The van der Waals surface area contributed by atoms with Crippen LogP contribution in [0.4, 0.5) is 27.6 Å². The molecule has 0 aliphatic rings. The lowest BCUT2D eigenvalue weighted by Crippen LogP contribution is -2.16. The number of rotatable bonds is 1. The van der Waals surface area contributed by atoms with Crippen molar-refractivity contribution in [2.24, 2.45) is 5.84 Å². The fourth-order valence-corrected chi connectivity index (χ4v) is 1.85. The summed E-state index contributed by atoms with van der Waals surface area (Å²) in [6.45, 7) is 1.12. The largest absolute Gasteiger partial charge is 0.433 e. The first-order valence-corrected chi connectivity index (χ1v) is 5.09. The zero-order valence-corrected chi connectivity index (χ0v) is 9.57. The van der Waals surface area contributed by atoms with Gasteiger partial charge in [0.2, 0.25) is 0 Å². The van der Waals surface area contributed by atoms with Crippen molar-refractivity contribution in [1.82, 2.24) is 4.98 Å². The number of benzene rings is 1. The Morgan fingerprint density at radius 1 is 1.21 bits per heavy atom. The Labute approximate surface area is 104 Å². The number of anilines is 1. The van der Waals surface area contributed by atoms with Gasteiger partial charge in [0.05, 0.1) is 5.69 Å². The number of nitrogens with two attached hydrogens (primary N) is 1. The van der Waals surface area contributed by atoms with E-state index in [9.17, 15) is 22.0 Å². The molecule has 0 amide bonds. The third-order valence-corrected chi connectivity index (χ3v) is 2.66. The summed E-state index contributed by atoms with van der Waals surface area (Å²) in [4.78, 5) is 3.23. The zero-order valence-electron chi connectivity index (χ0n) is 9.57. The van der Waals surface area contributed by atoms with Gasteiger partial charge in [0.15, 0.2) is 5.82 Å². The topological polar surface area (TPSA) is 50.9 Å². The van der Waals surface area contributed by atoms with Crippen LogP contribution >= 0.6 is 0 Å². The second kappa shape index (κ2) is 4.30. The van der Waals surface area contributed by atoms with Crippen molar-refractivity contribution in [3.8, 4) is 0 Å². The molecule has 0 unspecified atom stereocenters. The monoisotopic (exact) mass is 277 g/mol. The maximum absolute atomic E-state index is 13.5. The number of hydrogen-bond acceptors (Lipinski definition) is 3. The van der Waals surface area contributed by atoms with E-state index in [1.54, 1.807) is 0 Å². The van der Waals surface area contributed by atoms with Crippen molar-refractivity contribution in [1.29, 1.82) is 0 Å². The highest BCUT2D eigenvalue weighted by Gasteiger charge is 2.36. The highest BCUT2D eigenvalue weighted by molar-refractivity contribution is 5.93. The number of hydrogen-bond donors (Lipinski definition) is 2. The molecular formula is C11H8F5N3. The third kappa shape index (κ3) is 2.19. The van der Waals surface area contributed by atoms with Crippen molar-refractivity contribution in [2.45, 2.75) is 13.1 Å². The molecule has 0 aliphatic carbocycles. The number of alkyl halides is 3. The molecule has 1 aromatic heterocycles. The number of nitrogens with zero attached hydrogens (tertiary/aromatic N) is 1. The molecule has 0 atom stereocenters. The van der Waals surface area contributed by atoms with Crippen LogP contribution in [0.15, 0.2) is 12.1 Å². The molecule has 0 saturated heterocycles. The summed E-state index contributed by atoms with van der Waals surface area (Å²) in [5, 5.41) is -0.148. The number of aromatic nitrogens is 1. The summed E-state index contributed by atoms with van der Waals surface area (Å²) in [6.07, 6.45) is -4.76. The van der Waals surface area contributed by atoms with Crippen LogP contribution in [0.5, 0.6) is 0 Å².